The number of carbonyl (C=O) groups is 1. The van der Waals surface area contributed by atoms with Crippen LogP contribution in [-0.4, -0.2) is 26.5 Å². The number of carbonyl (C=O) groups excluding carboxylic acids is 1. The lowest BCUT2D eigenvalue weighted by Crippen LogP contribution is -2.26. The maximum absolute atomic E-state index is 12.0. The second-order valence-electron chi connectivity index (χ2n) is 4.97. The Morgan fingerprint density at radius 1 is 1.33 bits per heavy atom. The summed E-state index contributed by atoms with van der Waals surface area (Å²) >= 11 is 0. The van der Waals surface area contributed by atoms with Crippen LogP contribution in [0, 0.1) is 0 Å². The summed E-state index contributed by atoms with van der Waals surface area (Å²) in [6.45, 7) is 0.893. The predicted octanol–water partition coefficient (Wildman–Crippen LogP) is 2.14. The van der Waals surface area contributed by atoms with E-state index in [1.54, 1.807) is 4.90 Å². The lowest BCUT2D eigenvalue weighted by molar-refractivity contribution is -0.118. The van der Waals surface area contributed by atoms with E-state index in [2.05, 4.69) is 23.5 Å². The molecule has 0 unspecified atom stereocenters. The first kappa shape index (κ1) is 13.1. The van der Waals surface area contributed by atoms with E-state index in [-0.39, 0.29) is 5.91 Å². The SMILES string of the molecule is CNCCCC(=O)N(C)c1ccc2c(c1)CCC2. The van der Waals surface area contributed by atoms with Gasteiger partial charge in [-0.15, -0.1) is 0 Å². The number of anilines is 1. The Kier molecular flexibility index (Phi) is 4.37. The number of nitrogens with one attached hydrogen (secondary N) is 1. The maximum atomic E-state index is 12.0. The van der Waals surface area contributed by atoms with Gasteiger partial charge >= 0.3 is 0 Å². The van der Waals surface area contributed by atoms with Crippen molar-refractivity contribution in [1.29, 1.82) is 0 Å². The van der Waals surface area contributed by atoms with E-state index in [9.17, 15) is 4.79 Å². The smallest absolute Gasteiger partial charge is 0.226 e. The molecule has 3 nitrogen and oxygen atoms in total. The number of nitrogens with zero attached hydrogens (tertiary/aromatic N) is 1. The minimum Gasteiger partial charge on any atom is -0.320 e. The molecule has 0 bridgehead atoms. The fraction of sp³-hybridized carbons (Fsp3) is 0.533. The van der Waals surface area contributed by atoms with Crippen molar-refractivity contribution in [2.45, 2.75) is 32.1 Å². The molecule has 18 heavy (non-hydrogen) atoms. The van der Waals surface area contributed by atoms with Crippen LogP contribution < -0.4 is 10.2 Å². The third-order valence-corrected chi connectivity index (χ3v) is 3.66. The molecule has 1 aromatic rings. The molecule has 1 N–H and O–H groups in total. The number of benzene rings is 1. The molecule has 0 radical (unpaired) electrons. The summed E-state index contributed by atoms with van der Waals surface area (Å²) in [4.78, 5) is 13.8. The first-order chi connectivity index (χ1) is 8.72. The van der Waals surface area contributed by atoms with Gasteiger partial charge in [-0.2, -0.15) is 0 Å². The standard InChI is InChI=1S/C15H22N2O/c1-16-10-4-7-15(18)17(2)14-9-8-12-5-3-6-13(12)11-14/h8-9,11,16H,3-7,10H2,1-2H3. The van der Waals surface area contributed by atoms with Crippen molar-refractivity contribution in [3.8, 4) is 0 Å². The maximum Gasteiger partial charge on any atom is 0.226 e. The molecule has 3 heteroatoms. The molecule has 0 saturated carbocycles. The molecule has 2 rings (SSSR count). The third-order valence-electron chi connectivity index (χ3n) is 3.66. The fourth-order valence-electron chi connectivity index (χ4n) is 2.49. The first-order valence-corrected chi connectivity index (χ1v) is 6.75. The zero-order chi connectivity index (χ0) is 13.0. The van der Waals surface area contributed by atoms with E-state index >= 15 is 0 Å². The first-order valence-electron chi connectivity index (χ1n) is 6.75. The highest BCUT2D eigenvalue weighted by Gasteiger charge is 2.15. The van der Waals surface area contributed by atoms with Crippen LogP contribution in [0.1, 0.15) is 30.4 Å². The summed E-state index contributed by atoms with van der Waals surface area (Å²) in [7, 11) is 3.78. The van der Waals surface area contributed by atoms with E-state index in [0.29, 0.717) is 6.42 Å². The molecule has 0 aromatic heterocycles. The number of hydrogen-bond donors (Lipinski definition) is 1. The molecule has 1 aliphatic carbocycles. The van der Waals surface area contributed by atoms with Gasteiger partial charge in [0.05, 0.1) is 0 Å². The van der Waals surface area contributed by atoms with Gasteiger partial charge in [-0.05, 0) is 62.5 Å². The monoisotopic (exact) mass is 246 g/mol. The molecule has 0 atom stereocenters. The Morgan fingerprint density at radius 3 is 2.89 bits per heavy atom. The normalized spacial score (nSPS) is 13.4. The van der Waals surface area contributed by atoms with Gasteiger partial charge in [-0.25, -0.2) is 0 Å². The summed E-state index contributed by atoms with van der Waals surface area (Å²) in [5.74, 6) is 0.197. The highest BCUT2D eigenvalue weighted by molar-refractivity contribution is 5.92. The van der Waals surface area contributed by atoms with Crippen LogP contribution in [0.2, 0.25) is 0 Å². The van der Waals surface area contributed by atoms with Crippen LogP contribution in [-0.2, 0) is 17.6 Å². The highest BCUT2D eigenvalue weighted by atomic mass is 16.2. The van der Waals surface area contributed by atoms with Gasteiger partial charge in [0.15, 0.2) is 0 Å². The molecule has 1 aliphatic rings. The molecule has 0 saturated heterocycles. The number of fused-ring (bicyclic) bond motifs is 1. The van der Waals surface area contributed by atoms with Crippen LogP contribution in [0.4, 0.5) is 5.69 Å². The zero-order valence-electron chi connectivity index (χ0n) is 11.3. The van der Waals surface area contributed by atoms with E-state index in [1.165, 1.54) is 24.0 Å². The van der Waals surface area contributed by atoms with Gasteiger partial charge in [0, 0.05) is 19.2 Å². The Balaban J connectivity index is 2.00. The van der Waals surface area contributed by atoms with E-state index in [4.69, 9.17) is 0 Å². The fourth-order valence-corrected chi connectivity index (χ4v) is 2.49. The lowest BCUT2D eigenvalue weighted by Gasteiger charge is -2.18. The highest BCUT2D eigenvalue weighted by Crippen LogP contribution is 2.26. The van der Waals surface area contributed by atoms with Gasteiger partial charge in [0.1, 0.15) is 0 Å². The van der Waals surface area contributed by atoms with Crippen molar-refractivity contribution in [3.63, 3.8) is 0 Å². The topological polar surface area (TPSA) is 32.3 Å². The Bertz CT molecular complexity index is 429. The van der Waals surface area contributed by atoms with Crippen LogP contribution in [0.25, 0.3) is 0 Å². The Morgan fingerprint density at radius 2 is 2.11 bits per heavy atom. The summed E-state index contributed by atoms with van der Waals surface area (Å²) < 4.78 is 0. The molecule has 1 amide bonds. The van der Waals surface area contributed by atoms with Crippen LogP contribution in [0.3, 0.4) is 0 Å². The summed E-state index contributed by atoms with van der Waals surface area (Å²) in [6, 6.07) is 6.42. The summed E-state index contributed by atoms with van der Waals surface area (Å²) in [5.41, 5.74) is 3.90. The van der Waals surface area contributed by atoms with Crippen LogP contribution in [0.5, 0.6) is 0 Å². The molecule has 0 spiro atoms. The quantitative estimate of drug-likeness (QED) is 0.807. The number of amides is 1. The number of rotatable bonds is 5. The van der Waals surface area contributed by atoms with Gasteiger partial charge in [-0.1, -0.05) is 6.07 Å². The molecule has 0 heterocycles. The van der Waals surface area contributed by atoms with Crippen LogP contribution >= 0.6 is 0 Å². The Hall–Kier alpha value is -1.35. The molecular weight excluding hydrogens is 224 g/mol. The summed E-state index contributed by atoms with van der Waals surface area (Å²) in [5, 5.41) is 3.06. The van der Waals surface area contributed by atoms with Crippen molar-refractivity contribution < 1.29 is 4.79 Å². The van der Waals surface area contributed by atoms with Crippen molar-refractivity contribution >= 4 is 11.6 Å². The van der Waals surface area contributed by atoms with Crippen LogP contribution in [0.15, 0.2) is 18.2 Å². The molecule has 0 fully saturated rings. The van der Waals surface area contributed by atoms with Gasteiger partial charge in [-0.3, -0.25) is 4.79 Å². The molecular formula is C15H22N2O. The number of hydrogen-bond acceptors (Lipinski definition) is 2. The zero-order valence-corrected chi connectivity index (χ0v) is 11.3. The van der Waals surface area contributed by atoms with E-state index < -0.39 is 0 Å². The predicted molar refractivity (Wildman–Crippen MR) is 75.0 cm³/mol. The minimum absolute atomic E-state index is 0.197. The van der Waals surface area contributed by atoms with Crippen molar-refractivity contribution in [1.82, 2.24) is 5.32 Å². The molecule has 1 aromatic carbocycles. The van der Waals surface area contributed by atoms with Crippen molar-refractivity contribution in [3.05, 3.63) is 29.3 Å². The van der Waals surface area contributed by atoms with Crippen molar-refractivity contribution in [2.24, 2.45) is 0 Å². The second-order valence-corrected chi connectivity index (χ2v) is 4.97. The third kappa shape index (κ3) is 2.91. The summed E-state index contributed by atoms with van der Waals surface area (Å²) in [6.07, 6.45) is 5.10. The lowest BCUT2D eigenvalue weighted by atomic mass is 10.1. The Labute approximate surface area is 109 Å². The average molecular weight is 246 g/mol. The van der Waals surface area contributed by atoms with E-state index in [0.717, 1.165) is 25.1 Å². The van der Waals surface area contributed by atoms with Gasteiger partial charge in [0.25, 0.3) is 0 Å². The average Bonchev–Trinajstić information content (AvgIpc) is 2.85. The molecule has 0 aliphatic heterocycles. The second kappa shape index (κ2) is 6.01. The number of aryl methyl sites for hydroxylation is 2. The minimum atomic E-state index is 0.197. The van der Waals surface area contributed by atoms with E-state index in [1.807, 2.05) is 14.1 Å². The van der Waals surface area contributed by atoms with Gasteiger partial charge in [0.2, 0.25) is 5.91 Å². The van der Waals surface area contributed by atoms with Gasteiger partial charge < -0.3 is 10.2 Å². The molecule has 98 valence electrons. The van der Waals surface area contributed by atoms with Crippen molar-refractivity contribution in [2.75, 3.05) is 25.5 Å². The largest absolute Gasteiger partial charge is 0.320 e.